The van der Waals surface area contributed by atoms with Gasteiger partial charge in [0.25, 0.3) is 5.91 Å². The highest BCUT2D eigenvalue weighted by atomic mass is 16.2. The van der Waals surface area contributed by atoms with Crippen molar-refractivity contribution in [2.24, 2.45) is 0 Å². The van der Waals surface area contributed by atoms with Crippen LogP contribution in [0.3, 0.4) is 0 Å². The van der Waals surface area contributed by atoms with Gasteiger partial charge in [-0.15, -0.1) is 0 Å². The lowest BCUT2D eigenvalue weighted by atomic mass is 9.86. The van der Waals surface area contributed by atoms with E-state index in [1.807, 2.05) is 48.8 Å². The molecule has 0 saturated heterocycles. The number of carbonyl (C=O) groups excluding carboxylic acids is 2. The Morgan fingerprint density at radius 2 is 1.36 bits per heavy atom. The molecule has 0 saturated carbocycles. The highest BCUT2D eigenvalue weighted by Gasteiger charge is 2.17. The zero-order valence-electron chi connectivity index (χ0n) is 24.5. The molecule has 42 heavy (non-hydrogen) atoms. The summed E-state index contributed by atoms with van der Waals surface area (Å²) in [4.78, 5) is 33.7. The van der Waals surface area contributed by atoms with Gasteiger partial charge >= 0.3 is 0 Å². The summed E-state index contributed by atoms with van der Waals surface area (Å²) in [5.74, 6) is 0.364. The van der Waals surface area contributed by atoms with E-state index < -0.39 is 6.04 Å². The normalized spacial score (nSPS) is 12.0. The second-order valence-corrected chi connectivity index (χ2v) is 11.7. The number of aromatic nitrogens is 2. The van der Waals surface area contributed by atoms with Crippen LogP contribution >= 0.6 is 0 Å². The predicted octanol–water partition coefficient (Wildman–Crippen LogP) is 7.62. The number of carbonyl (C=O) groups is 2. The average Bonchev–Trinajstić information content (AvgIpc) is 3.01. The fourth-order valence-corrected chi connectivity index (χ4v) is 4.86. The van der Waals surface area contributed by atoms with Gasteiger partial charge in [0.05, 0.1) is 6.04 Å². The van der Waals surface area contributed by atoms with Crippen molar-refractivity contribution in [1.82, 2.24) is 15.3 Å². The van der Waals surface area contributed by atoms with Crippen LogP contribution in [0.2, 0.25) is 0 Å². The van der Waals surface area contributed by atoms with Crippen LogP contribution in [-0.4, -0.2) is 28.2 Å². The quantitative estimate of drug-likeness (QED) is 0.201. The van der Waals surface area contributed by atoms with E-state index in [2.05, 4.69) is 91.5 Å². The molecule has 1 N–H and O–H groups in total. The lowest BCUT2D eigenvalue weighted by Crippen LogP contribution is -2.37. The number of benzene rings is 4. The number of hydrogen-bond acceptors (Lipinski definition) is 4. The Hall–Kier alpha value is -4.90. The minimum absolute atomic E-state index is 0.00799. The first kappa shape index (κ1) is 28.6. The number of nitrogens with zero attached hydrogens (tertiary/aromatic N) is 2. The Bertz CT molecular complexity index is 1670. The highest BCUT2D eigenvalue weighted by molar-refractivity contribution is 5.95. The van der Waals surface area contributed by atoms with Gasteiger partial charge in [-0.05, 0) is 58.7 Å². The number of rotatable bonds is 8. The third-order valence-electron chi connectivity index (χ3n) is 7.38. The summed E-state index contributed by atoms with van der Waals surface area (Å²) >= 11 is 0. The molecule has 0 aliphatic heterocycles. The van der Waals surface area contributed by atoms with Crippen LogP contribution in [0.4, 0.5) is 0 Å². The summed E-state index contributed by atoms with van der Waals surface area (Å²) in [5.41, 5.74) is 9.12. The van der Waals surface area contributed by atoms with E-state index in [9.17, 15) is 9.59 Å². The summed E-state index contributed by atoms with van der Waals surface area (Å²) in [7, 11) is 0. The summed E-state index contributed by atoms with van der Waals surface area (Å²) in [6, 6.07) is 31.6. The molecule has 0 bridgehead atoms. The third-order valence-corrected chi connectivity index (χ3v) is 7.38. The van der Waals surface area contributed by atoms with Gasteiger partial charge in [-0.25, -0.2) is 9.97 Å². The number of hydrogen-bond donors (Lipinski definition) is 1. The number of amides is 1. The molecule has 1 heterocycles. The Morgan fingerprint density at radius 3 is 1.93 bits per heavy atom. The van der Waals surface area contributed by atoms with Crippen LogP contribution in [0.1, 0.15) is 47.8 Å². The lowest BCUT2D eigenvalue weighted by molar-refractivity contribution is -0.109. The molecule has 0 radical (unpaired) electrons. The van der Waals surface area contributed by atoms with Gasteiger partial charge in [0.1, 0.15) is 6.29 Å². The van der Waals surface area contributed by atoms with Gasteiger partial charge < -0.3 is 10.1 Å². The molecule has 5 rings (SSSR count). The molecule has 1 aromatic heterocycles. The molecule has 1 atom stereocenters. The Balaban J connectivity index is 1.20. The molecule has 0 spiro atoms. The van der Waals surface area contributed by atoms with E-state index in [-0.39, 0.29) is 11.3 Å². The van der Waals surface area contributed by atoms with E-state index in [0.29, 0.717) is 17.8 Å². The molecule has 210 valence electrons. The lowest BCUT2D eigenvalue weighted by Gasteiger charge is -2.19. The highest BCUT2D eigenvalue weighted by Crippen LogP contribution is 2.26. The van der Waals surface area contributed by atoms with Crippen molar-refractivity contribution in [3.8, 4) is 33.6 Å². The van der Waals surface area contributed by atoms with E-state index in [1.165, 1.54) is 16.7 Å². The minimum Gasteiger partial charge on any atom is -0.342 e. The zero-order valence-corrected chi connectivity index (χ0v) is 24.5. The average molecular weight is 554 g/mol. The van der Waals surface area contributed by atoms with Crippen molar-refractivity contribution in [1.29, 1.82) is 0 Å². The van der Waals surface area contributed by atoms with E-state index in [0.717, 1.165) is 34.1 Å². The first-order chi connectivity index (χ1) is 20.2. The van der Waals surface area contributed by atoms with Crippen molar-refractivity contribution in [2.45, 2.75) is 45.6 Å². The first-order valence-electron chi connectivity index (χ1n) is 14.2. The van der Waals surface area contributed by atoms with Crippen LogP contribution in [0.15, 0.2) is 109 Å². The summed E-state index contributed by atoms with van der Waals surface area (Å²) in [6.45, 7) is 8.48. The molecular weight excluding hydrogens is 518 g/mol. The van der Waals surface area contributed by atoms with Crippen molar-refractivity contribution < 1.29 is 9.59 Å². The van der Waals surface area contributed by atoms with Gasteiger partial charge in [0.2, 0.25) is 0 Å². The second-order valence-electron chi connectivity index (χ2n) is 11.7. The SMILES string of the molecule is Cc1cccc(-c2ccc(-c3cnc(-c4ccc(CC(C=O)NC(=O)c5ccc(C(C)(C)C)cc5)cc4)nc3)cc2)c1. The van der Waals surface area contributed by atoms with Crippen LogP contribution in [0.25, 0.3) is 33.6 Å². The minimum atomic E-state index is -0.626. The maximum atomic E-state index is 12.7. The Labute approximate surface area is 247 Å². The molecular formula is C37H35N3O2. The van der Waals surface area contributed by atoms with Gasteiger partial charge in [-0.1, -0.05) is 111 Å². The van der Waals surface area contributed by atoms with Crippen LogP contribution in [0.5, 0.6) is 0 Å². The maximum Gasteiger partial charge on any atom is 0.251 e. The topological polar surface area (TPSA) is 72.0 Å². The van der Waals surface area contributed by atoms with E-state index in [1.54, 1.807) is 12.1 Å². The van der Waals surface area contributed by atoms with Crippen LogP contribution < -0.4 is 5.32 Å². The zero-order chi connectivity index (χ0) is 29.7. The molecule has 5 nitrogen and oxygen atoms in total. The first-order valence-corrected chi connectivity index (χ1v) is 14.2. The molecule has 0 fully saturated rings. The van der Waals surface area contributed by atoms with Gasteiger partial charge in [-0.3, -0.25) is 4.79 Å². The number of nitrogens with one attached hydrogen (secondary N) is 1. The van der Waals surface area contributed by atoms with Gasteiger partial charge in [-0.2, -0.15) is 0 Å². The summed E-state index contributed by atoms with van der Waals surface area (Å²) in [5, 5.41) is 2.84. The molecule has 5 heteroatoms. The number of aldehydes is 1. The Morgan fingerprint density at radius 1 is 0.762 bits per heavy atom. The van der Waals surface area contributed by atoms with Crippen LogP contribution in [-0.2, 0) is 16.6 Å². The molecule has 0 aliphatic rings. The molecule has 1 unspecified atom stereocenters. The summed E-state index contributed by atoms with van der Waals surface area (Å²) in [6.07, 6.45) is 4.85. The third kappa shape index (κ3) is 6.87. The van der Waals surface area contributed by atoms with Gasteiger partial charge in [0, 0.05) is 29.1 Å². The van der Waals surface area contributed by atoms with Crippen LogP contribution in [0, 0.1) is 6.92 Å². The smallest absolute Gasteiger partial charge is 0.251 e. The van der Waals surface area contributed by atoms with Gasteiger partial charge in [0.15, 0.2) is 5.82 Å². The predicted molar refractivity (Wildman–Crippen MR) is 169 cm³/mol. The van der Waals surface area contributed by atoms with Crippen molar-refractivity contribution >= 4 is 12.2 Å². The van der Waals surface area contributed by atoms with Crippen molar-refractivity contribution in [3.63, 3.8) is 0 Å². The van der Waals surface area contributed by atoms with E-state index >= 15 is 0 Å². The largest absolute Gasteiger partial charge is 0.342 e. The Kier molecular flexibility index (Phi) is 8.39. The maximum absolute atomic E-state index is 12.7. The standard InChI is InChI=1S/C37H35N3O2/c1-25-6-5-7-31(20-25)27-12-14-28(15-13-27)32-22-38-35(39-23-32)29-10-8-26(9-11-29)21-34(24-41)40-36(42)30-16-18-33(19-17-30)37(2,3)4/h5-20,22-24,34H,21H2,1-4H3,(H,40,42). The van der Waals surface area contributed by atoms with E-state index in [4.69, 9.17) is 0 Å². The monoisotopic (exact) mass is 553 g/mol. The van der Waals surface area contributed by atoms with Crippen molar-refractivity contribution in [3.05, 3.63) is 132 Å². The van der Waals surface area contributed by atoms with Crippen molar-refractivity contribution in [2.75, 3.05) is 0 Å². The number of aryl methyl sites for hydroxylation is 1. The molecule has 5 aromatic rings. The second kappa shape index (κ2) is 12.3. The fourth-order valence-electron chi connectivity index (χ4n) is 4.86. The molecule has 1 amide bonds. The molecule has 4 aromatic carbocycles. The fraction of sp³-hybridized carbons (Fsp3) is 0.189. The summed E-state index contributed by atoms with van der Waals surface area (Å²) < 4.78 is 0. The molecule has 0 aliphatic carbocycles.